The lowest BCUT2D eigenvalue weighted by Gasteiger charge is -2.07. The summed E-state index contributed by atoms with van der Waals surface area (Å²) < 4.78 is 13.5. The molecule has 0 aliphatic carbocycles. The maximum absolute atomic E-state index is 13.5. The molecule has 2 aromatic carbocycles. The molecule has 192 valence electrons. The van der Waals surface area contributed by atoms with Gasteiger partial charge in [0.2, 0.25) is 0 Å². The van der Waals surface area contributed by atoms with E-state index in [4.69, 9.17) is 4.98 Å². The number of hydrogen-bond donors (Lipinski definition) is 3. The third kappa shape index (κ3) is 4.25. The van der Waals surface area contributed by atoms with E-state index < -0.39 is 0 Å². The maximum atomic E-state index is 13.5. The van der Waals surface area contributed by atoms with Gasteiger partial charge in [-0.05, 0) is 54.1 Å². The number of benzene rings is 2. The average molecular weight is 526 g/mol. The molecule has 0 saturated carbocycles. The number of fused-ring (bicyclic) bond motifs is 2. The van der Waals surface area contributed by atoms with E-state index in [9.17, 15) is 9.18 Å². The van der Waals surface area contributed by atoms with Crippen LogP contribution < -0.4 is 5.32 Å². The van der Waals surface area contributed by atoms with Crippen LogP contribution in [0, 0.1) is 5.82 Å². The van der Waals surface area contributed by atoms with Crippen LogP contribution in [0.5, 0.6) is 0 Å². The predicted molar refractivity (Wildman–Crippen MR) is 152 cm³/mol. The van der Waals surface area contributed by atoms with E-state index in [-0.39, 0.29) is 11.7 Å². The van der Waals surface area contributed by atoms with Gasteiger partial charge in [0.05, 0.1) is 40.5 Å². The zero-order valence-corrected chi connectivity index (χ0v) is 20.9. The SMILES string of the molecule is O=C(Nc1cncc(-c2ccc3[nH]nc(-c4cc5c(-c6ccc(F)cc6)cncc5[nH]4)c3n2)c1)c1ccccc1. The van der Waals surface area contributed by atoms with E-state index in [2.05, 4.69) is 30.5 Å². The van der Waals surface area contributed by atoms with E-state index in [0.717, 1.165) is 38.8 Å². The lowest BCUT2D eigenvalue weighted by molar-refractivity contribution is 0.102. The Morgan fingerprint density at radius 2 is 1.62 bits per heavy atom. The average Bonchev–Trinajstić information content (AvgIpc) is 3.62. The first-order valence-electron chi connectivity index (χ1n) is 12.5. The number of H-pyrrole nitrogens is 2. The Balaban J connectivity index is 1.25. The molecule has 3 N–H and O–H groups in total. The number of carbonyl (C=O) groups excluding carboxylic acids is 1. The van der Waals surface area contributed by atoms with E-state index in [1.807, 2.05) is 42.5 Å². The highest BCUT2D eigenvalue weighted by atomic mass is 19.1. The number of anilines is 1. The molecule has 7 rings (SSSR count). The van der Waals surface area contributed by atoms with Gasteiger partial charge in [0, 0.05) is 34.5 Å². The van der Waals surface area contributed by atoms with Crippen molar-refractivity contribution in [3.8, 4) is 33.8 Å². The normalized spacial score (nSPS) is 11.2. The molecule has 0 atom stereocenters. The van der Waals surface area contributed by atoms with Crippen LogP contribution in [0.15, 0.2) is 104 Å². The van der Waals surface area contributed by atoms with Crippen LogP contribution in [0.4, 0.5) is 10.1 Å². The Kier molecular flexibility index (Phi) is 5.59. The molecule has 40 heavy (non-hydrogen) atoms. The highest BCUT2D eigenvalue weighted by Crippen LogP contribution is 2.34. The van der Waals surface area contributed by atoms with Crippen LogP contribution >= 0.6 is 0 Å². The molecule has 0 bridgehead atoms. The van der Waals surface area contributed by atoms with Crippen LogP contribution in [-0.4, -0.2) is 36.0 Å². The zero-order chi connectivity index (χ0) is 27.1. The van der Waals surface area contributed by atoms with Crippen molar-refractivity contribution in [2.75, 3.05) is 5.32 Å². The van der Waals surface area contributed by atoms with Crippen molar-refractivity contribution < 1.29 is 9.18 Å². The van der Waals surface area contributed by atoms with Gasteiger partial charge in [0.15, 0.2) is 0 Å². The molecule has 0 aliphatic rings. The fraction of sp³-hybridized carbons (Fsp3) is 0. The van der Waals surface area contributed by atoms with Gasteiger partial charge in [-0.25, -0.2) is 9.37 Å². The molecule has 0 aliphatic heterocycles. The van der Waals surface area contributed by atoms with Crippen molar-refractivity contribution in [3.05, 3.63) is 115 Å². The highest BCUT2D eigenvalue weighted by molar-refractivity contribution is 6.04. The van der Waals surface area contributed by atoms with Crippen molar-refractivity contribution in [2.24, 2.45) is 0 Å². The van der Waals surface area contributed by atoms with E-state index >= 15 is 0 Å². The lowest BCUT2D eigenvalue weighted by Crippen LogP contribution is -2.11. The van der Waals surface area contributed by atoms with Crippen molar-refractivity contribution in [3.63, 3.8) is 0 Å². The summed E-state index contributed by atoms with van der Waals surface area (Å²) in [5.41, 5.74) is 8.01. The van der Waals surface area contributed by atoms with E-state index in [1.54, 1.807) is 49.1 Å². The fourth-order valence-electron chi connectivity index (χ4n) is 4.73. The number of hydrogen-bond acceptors (Lipinski definition) is 5. The van der Waals surface area contributed by atoms with Crippen LogP contribution in [-0.2, 0) is 0 Å². The van der Waals surface area contributed by atoms with Gasteiger partial charge in [0.25, 0.3) is 5.91 Å². The summed E-state index contributed by atoms with van der Waals surface area (Å²) >= 11 is 0. The molecular formula is C31H20FN7O. The number of halogens is 1. The second-order valence-corrected chi connectivity index (χ2v) is 9.29. The molecule has 1 amide bonds. The minimum absolute atomic E-state index is 0.214. The summed E-state index contributed by atoms with van der Waals surface area (Å²) in [5, 5.41) is 11.4. The van der Waals surface area contributed by atoms with Crippen LogP contribution in [0.25, 0.3) is 55.7 Å². The van der Waals surface area contributed by atoms with Gasteiger partial charge in [-0.2, -0.15) is 5.10 Å². The number of nitrogens with one attached hydrogen (secondary N) is 3. The number of aromatic amines is 2. The van der Waals surface area contributed by atoms with Gasteiger partial charge >= 0.3 is 0 Å². The van der Waals surface area contributed by atoms with Gasteiger partial charge in [-0.15, -0.1) is 0 Å². The lowest BCUT2D eigenvalue weighted by atomic mass is 10.0. The van der Waals surface area contributed by atoms with Gasteiger partial charge < -0.3 is 10.3 Å². The Labute approximate surface area is 227 Å². The van der Waals surface area contributed by atoms with Crippen LogP contribution in [0.2, 0.25) is 0 Å². The Bertz CT molecular complexity index is 2010. The van der Waals surface area contributed by atoms with Crippen LogP contribution in [0.1, 0.15) is 10.4 Å². The summed E-state index contributed by atoms with van der Waals surface area (Å²) in [6, 6.07) is 23.0. The maximum Gasteiger partial charge on any atom is 0.255 e. The quantitative estimate of drug-likeness (QED) is 0.234. The molecule has 0 spiro atoms. The molecule has 0 unspecified atom stereocenters. The van der Waals surface area contributed by atoms with E-state index in [0.29, 0.717) is 28.2 Å². The highest BCUT2D eigenvalue weighted by Gasteiger charge is 2.16. The first kappa shape index (κ1) is 23.4. The smallest absolute Gasteiger partial charge is 0.255 e. The third-order valence-electron chi connectivity index (χ3n) is 6.69. The Morgan fingerprint density at radius 3 is 2.48 bits per heavy atom. The fourth-order valence-corrected chi connectivity index (χ4v) is 4.73. The summed E-state index contributed by atoms with van der Waals surface area (Å²) in [6.45, 7) is 0. The van der Waals surface area contributed by atoms with Crippen molar-refractivity contribution in [1.29, 1.82) is 0 Å². The number of amides is 1. The second kappa shape index (κ2) is 9.55. The number of carbonyl (C=O) groups is 1. The zero-order valence-electron chi connectivity index (χ0n) is 20.9. The molecular weight excluding hydrogens is 505 g/mol. The molecule has 9 heteroatoms. The Morgan fingerprint density at radius 1 is 0.800 bits per heavy atom. The summed E-state index contributed by atoms with van der Waals surface area (Å²) in [7, 11) is 0. The minimum Gasteiger partial charge on any atom is -0.352 e. The molecule has 7 aromatic rings. The number of rotatable bonds is 5. The number of nitrogens with zero attached hydrogens (tertiary/aromatic N) is 4. The van der Waals surface area contributed by atoms with E-state index in [1.165, 1.54) is 12.1 Å². The number of pyridine rings is 3. The standard InChI is InChI=1S/C31H20FN7O/c32-21-8-6-18(7-9-21)24-16-34-17-28-23(24)13-27(36-28)30-29-26(38-39-30)11-10-25(37-29)20-12-22(15-33-14-20)35-31(40)19-4-2-1-3-5-19/h1-17,36H,(H,35,40)(H,38,39). The number of aromatic nitrogens is 6. The van der Waals surface area contributed by atoms with Crippen LogP contribution in [0.3, 0.4) is 0 Å². The van der Waals surface area contributed by atoms with Gasteiger partial charge in [-0.1, -0.05) is 30.3 Å². The summed E-state index contributed by atoms with van der Waals surface area (Å²) in [6.07, 6.45) is 6.82. The molecule has 8 nitrogen and oxygen atoms in total. The first-order valence-corrected chi connectivity index (χ1v) is 12.5. The summed E-state index contributed by atoms with van der Waals surface area (Å²) in [4.78, 5) is 29.6. The van der Waals surface area contributed by atoms with Gasteiger partial charge in [0.1, 0.15) is 17.0 Å². The molecule has 5 heterocycles. The largest absolute Gasteiger partial charge is 0.352 e. The molecule has 5 aromatic heterocycles. The third-order valence-corrected chi connectivity index (χ3v) is 6.69. The van der Waals surface area contributed by atoms with Crippen molar-refractivity contribution in [2.45, 2.75) is 0 Å². The minimum atomic E-state index is -0.289. The van der Waals surface area contributed by atoms with Gasteiger partial charge in [-0.3, -0.25) is 19.9 Å². The topological polar surface area (TPSA) is 112 Å². The summed E-state index contributed by atoms with van der Waals surface area (Å²) in [5.74, 6) is -0.504. The Hall–Kier alpha value is -5.70. The molecule has 0 radical (unpaired) electrons. The molecule has 0 saturated heterocycles. The monoisotopic (exact) mass is 525 g/mol. The predicted octanol–water partition coefficient (Wildman–Crippen LogP) is 6.62. The second-order valence-electron chi connectivity index (χ2n) is 9.29. The van der Waals surface area contributed by atoms with Crippen molar-refractivity contribution in [1.82, 2.24) is 30.1 Å². The first-order chi connectivity index (χ1) is 19.6. The van der Waals surface area contributed by atoms with Crippen molar-refractivity contribution >= 4 is 33.5 Å². The molecule has 0 fully saturated rings.